The number of fused-ring (bicyclic) bond motifs is 1. The van der Waals surface area contributed by atoms with Gasteiger partial charge in [0.05, 0.1) is 28.7 Å². The molecule has 10 nitrogen and oxygen atoms in total. The fourth-order valence-electron chi connectivity index (χ4n) is 3.47. The molecule has 148 valence electrons. The van der Waals surface area contributed by atoms with Crippen molar-refractivity contribution in [1.82, 2.24) is 34.9 Å². The Morgan fingerprint density at radius 3 is 2.70 bits per heavy atom. The molecule has 4 N–H and O–H groups in total. The highest BCUT2D eigenvalue weighted by Crippen LogP contribution is 2.38. The van der Waals surface area contributed by atoms with Gasteiger partial charge < -0.3 is 15.2 Å². The van der Waals surface area contributed by atoms with Gasteiger partial charge in [-0.1, -0.05) is 18.2 Å². The van der Waals surface area contributed by atoms with Crippen LogP contribution in [0.4, 0.5) is 0 Å². The molecule has 5 rings (SSSR count). The standard InChI is InChI=1S/C20H15N7O3/c1-27-9-10(7-22-27)16-11-4-2-3-5-14(11)23-17(16)12-6-15(25-26-19(12)29)13-8-21-20(30)24-18(13)28/h2-9,23H,1H3,(H,26,29)(H2,21,24,28,30). The Hall–Kier alpha value is -4.47. The molecule has 0 saturated heterocycles. The monoisotopic (exact) mass is 401 g/mol. The van der Waals surface area contributed by atoms with Gasteiger partial charge in [-0.15, -0.1) is 0 Å². The van der Waals surface area contributed by atoms with E-state index in [9.17, 15) is 15.0 Å². The maximum Gasteiger partial charge on any atom is 0.317 e. The van der Waals surface area contributed by atoms with Gasteiger partial charge in [-0.3, -0.25) is 9.48 Å². The molecule has 10 heteroatoms. The van der Waals surface area contributed by atoms with Crippen molar-refractivity contribution in [2.24, 2.45) is 7.05 Å². The molecule has 0 atom stereocenters. The molecule has 4 heterocycles. The van der Waals surface area contributed by atoms with Gasteiger partial charge >= 0.3 is 6.01 Å². The van der Waals surface area contributed by atoms with Gasteiger partial charge in [0.15, 0.2) is 0 Å². The average Bonchev–Trinajstić information content (AvgIpc) is 3.32. The van der Waals surface area contributed by atoms with Crippen molar-refractivity contribution in [3.63, 3.8) is 0 Å². The molecule has 30 heavy (non-hydrogen) atoms. The van der Waals surface area contributed by atoms with Gasteiger partial charge in [0.1, 0.15) is 0 Å². The van der Waals surface area contributed by atoms with Crippen LogP contribution in [-0.2, 0) is 7.05 Å². The number of aromatic nitrogens is 7. The molecule has 1 aromatic carbocycles. The Morgan fingerprint density at radius 2 is 1.93 bits per heavy atom. The van der Waals surface area contributed by atoms with Crippen molar-refractivity contribution in [3.8, 4) is 45.5 Å². The van der Waals surface area contributed by atoms with E-state index in [0.29, 0.717) is 11.3 Å². The predicted octanol–water partition coefficient (Wildman–Crippen LogP) is 2.19. The van der Waals surface area contributed by atoms with E-state index in [-0.39, 0.29) is 11.3 Å². The van der Waals surface area contributed by atoms with Gasteiger partial charge in [-0.25, -0.2) is 10.1 Å². The highest BCUT2D eigenvalue weighted by atomic mass is 16.3. The summed E-state index contributed by atoms with van der Waals surface area (Å²) < 4.78 is 1.69. The van der Waals surface area contributed by atoms with E-state index in [2.05, 4.69) is 30.2 Å². The molecule has 5 aromatic rings. The molecular formula is C20H15N7O3. The lowest BCUT2D eigenvalue weighted by molar-refractivity contribution is 0.398. The summed E-state index contributed by atoms with van der Waals surface area (Å²) in [5, 5.41) is 31.0. The number of aromatic hydroxyl groups is 2. The zero-order valence-electron chi connectivity index (χ0n) is 15.7. The average molecular weight is 401 g/mol. The Labute approximate surface area is 168 Å². The summed E-state index contributed by atoms with van der Waals surface area (Å²) in [5.74, 6) is -0.447. The minimum atomic E-state index is -0.560. The molecule has 0 aliphatic carbocycles. The number of H-pyrrole nitrogens is 2. The van der Waals surface area contributed by atoms with Crippen LogP contribution in [0, 0.1) is 0 Å². The number of hydrogen-bond acceptors (Lipinski definition) is 7. The van der Waals surface area contributed by atoms with Crippen LogP contribution in [0.25, 0.3) is 44.5 Å². The molecule has 4 aromatic heterocycles. The van der Waals surface area contributed by atoms with Gasteiger partial charge in [0.2, 0.25) is 5.88 Å². The Balaban J connectivity index is 1.78. The summed E-state index contributed by atoms with van der Waals surface area (Å²) in [6.07, 6.45) is 4.83. The lowest BCUT2D eigenvalue weighted by atomic mass is 10.0. The van der Waals surface area contributed by atoms with Crippen molar-refractivity contribution in [3.05, 3.63) is 59.3 Å². The van der Waals surface area contributed by atoms with Crippen LogP contribution in [0.3, 0.4) is 0 Å². The van der Waals surface area contributed by atoms with Crippen LogP contribution in [0.2, 0.25) is 0 Å². The summed E-state index contributed by atoms with van der Waals surface area (Å²) in [4.78, 5) is 23.2. The Bertz CT molecular complexity index is 1470. The van der Waals surface area contributed by atoms with E-state index in [1.54, 1.807) is 16.9 Å². The van der Waals surface area contributed by atoms with E-state index in [1.807, 2.05) is 37.5 Å². The first-order chi connectivity index (χ1) is 14.5. The first kappa shape index (κ1) is 17.6. The molecule has 0 bridgehead atoms. The van der Waals surface area contributed by atoms with Gasteiger partial charge in [0, 0.05) is 41.5 Å². The number of hydrogen-bond donors (Lipinski definition) is 4. The van der Waals surface area contributed by atoms with E-state index >= 15 is 0 Å². The second-order valence-electron chi connectivity index (χ2n) is 6.73. The lowest BCUT2D eigenvalue weighted by Gasteiger charge is -2.06. The second-order valence-corrected chi connectivity index (χ2v) is 6.73. The van der Waals surface area contributed by atoms with Gasteiger partial charge in [-0.2, -0.15) is 15.2 Å². The minimum absolute atomic E-state index is 0.171. The minimum Gasteiger partial charge on any atom is -0.493 e. The Kier molecular flexibility index (Phi) is 3.85. The van der Waals surface area contributed by atoms with Crippen LogP contribution in [0.15, 0.2) is 53.7 Å². The van der Waals surface area contributed by atoms with Crippen molar-refractivity contribution in [1.29, 1.82) is 0 Å². The fraction of sp³-hybridized carbons (Fsp3) is 0.0500. The van der Waals surface area contributed by atoms with Crippen LogP contribution < -0.4 is 5.56 Å². The fourth-order valence-corrected chi connectivity index (χ4v) is 3.47. The van der Waals surface area contributed by atoms with Crippen LogP contribution in [0.1, 0.15) is 0 Å². The number of benzene rings is 1. The quantitative estimate of drug-likeness (QED) is 0.362. The third-order valence-corrected chi connectivity index (χ3v) is 4.80. The highest BCUT2D eigenvalue weighted by Gasteiger charge is 2.20. The predicted molar refractivity (Wildman–Crippen MR) is 109 cm³/mol. The van der Waals surface area contributed by atoms with Crippen LogP contribution >= 0.6 is 0 Å². The van der Waals surface area contributed by atoms with Crippen molar-refractivity contribution in [2.45, 2.75) is 0 Å². The summed E-state index contributed by atoms with van der Waals surface area (Å²) in [6.45, 7) is 0. The van der Waals surface area contributed by atoms with E-state index in [4.69, 9.17) is 0 Å². The third kappa shape index (κ3) is 2.78. The zero-order chi connectivity index (χ0) is 20.8. The van der Waals surface area contributed by atoms with E-state index in [1.165, 1.54) is 6.20 Å². The SMILES string of the molecule is Cn1cc(-c2c(-c3cc(-c4cnc(O)nc4O)n[nH]c3=O)[nH]c3ccccc23)cn1. The lowest BCUT2D eigenvalue weighted by Crippen LogP contribution is -2.12. The van der Waals surface area contributed by atoms with Crippen LogP contribution in [-0.4, -0.2) is 45.1 Å². The number of aromatic amines is 2. The molecule has 0 aliphatic heterocycles. The normalized spacial score (nSPS) is 11.2. The zero-order valence-corrected chi connectivity index (χ0v) is 15.7. The van der Waals surface area contributed by atoms with Gasteiger partial charge in [-0.05, 0) is 12.1 Å². The van der Waals surface area contributed by atoms with Crippen molar-refractivity contribution >= 4 is 10.9 Å². The number of rotatable bonds is 3. The first-order valence-electron chi connectivity index (χ1n) is 8.96. The topological polar surface area (TPSA) is 146 Å². The number of nitrogens with one attached hydrogen (secondary N) is 2. The second kappa shape index (κ2) is 6.55. The van der Waals surface area contributed by atoms with Crippen molar-refractivity contribution < 1.29 is 10.2 Å². The largest absolute Gasteiger partial charge is 0.493 e. The number of aryl methyl sites for hydroxylation is 1. The molecule has 0 amide bonds. The molecule has 0 fully saturated rings. The van der Waals surface area contributed by atoms with Crippen molar-refractivity contribution in [2.75, 3.05) is 0 Å². The maximum atomic E-state index is 12.7. The summed E-state index contributed by atoms with van der Waals surface area (Å²) in [5.41, 5.74) is 3.46. The number of nitrogens with zero attached hydrogens (tertiary/aromatic N) is 5. The smallest absolute Gasteiger partial charge is 0.317 e. The van der Waals surface area contributed by atoms with Gasteiger partial charge in [0.25, 0.3) is 5.56 Å². The molecule has 0 saturated carbocycles. The molecule has 0 radical (unpaired) electrons. The Morgan fingerprint density at radius 1 is 1.10 bits per heavy atom. The summed E-state index contributed by atoms with van der Waals surface area (Å²) >= 11 is 0. The summed E-state index contributed by atoms with van der Waals surface area (Å²) in [7, 11) is 1.82. The molecule has 0 aliphatic rings. The van der Waals surface area contributed by atoms with E-state index < -0.39 is 17.4 Å². The molecule has 0 unspecified atom stereocenters. The molecular weight excluding hydrogens is 386 g/mol. The maximum absolute atomic E-state index is 12.7. The highest BCUT2D eigenvalue weighted by molar-refractivity contribution is 6.03. The first-order valence-corrected chi connectivity index (χ1v) is 8.96. The number of para-hydroxylation sites is 1. The summed E-state index contributed by atoms with van der Waals surface area (Å²) in [6, 6.07) is 8.70. The van der Waals surface area contributed by atoms with Crippen LogP contribution in [0.5, 0.6) is 11.9 Å². The molecule has 0 spiro atoms. The third-order valence-electron chi connectivity index (χ3n) is 4.80. The van der Waals surface area contributed by atoms with E-state index in [0.717, 1.165) is 22.0 Å².